The summed E-state index contributed by atoms with van der Waals surface area (Å²) in [4.78, 5) is 0. The predicted octanol–water partition coefficient (Wildman–Crippen LogP) is 4.44. The minimum absolute atomic E-state index is 0.167. The predicted molar refractivity (Wildman–Crippen MR) is 75.3 cm³/mol. The molecule has 0 radical (unpaired) electrons. The third-order valence-electron chi connectivity index (χ3n) is 3.16. The van der Waals surface area contributed by atoms with Gasteiger partial charge >= 0.3 is 0 Å². The lowest BCUT2D eigenvalue weighted by atomic mass is 10.0. The topological polar surface area (TPSA) is 12.0 Å². The number of halogens is 1. The summed E-state index contributed by atoms with van der Waals surface area (Å²) in [5, 5.41) is 7.82. The molecule has 2 rings (SSSR count). The lowest BCUT2D eigenvalue weighted by Gasteiger charge is -2.17. The van der Waals surface area contributed by atoms with E-state index in [9.17, 15) is 4.39 Å². The molecule has 3 heteroatoms. The Morgan fingerprint density at radius 1 is 1.33 bits per heavy atom. The van der Waals surface area contributed by atoms with Crippen molar-refractivity contribution in [3.05, 3.63) is 57.5 Å². The first kappa shape index (κ1) is 13.2. The van der Waals surface area contributed by atoms with Crippen LogP contribution < -0.4 is 5.32 Å². The van der Waals surface area contributed by atoms with Gasteiger partial charge in [-0.1, -0.05) is 19.1 Å². The van der Waals surface area contributed by atoms with Gasteiger partial charge in [-0.3, -0.25) is 0 Å². The maximum Gasteiger partial charge on any atom is 0.123 e. The summed E-state index contributed by atoms with van der Waals surface area (Å²) < 4.78 is 13.2. The van der Waals surface area contributed by atoms with Crippen molar-refractivity contribution in [2.24, 2.45) is 0 Å². The zero-order valence-electron chi connectivity index (χ0n) is 10.7. The third-order valence-corrected chi connectivity index (χ3v) is 4.07. The summed E-state index contributed by atoms with van der Waals surface area (Å²) in [6, 6.07) is 7.05. The van der Waals surface area contributed by atoms with Crippen molar-refractivity contribution in [1.82, 2.24) is 5.32 Å². The average molecular weight is 263 g/mol. The number of thiophene rings is 1. The zero-order chi connectivity index (χ0) is 13.0. The van der Waals surface area contributed by atoms with Crippen LogP contribution in [0.25, 0.3) is 0 Å². The monoisotopic (exact) mass is 263 g/mol. The van der Waals surface area contributed by atoms with Crippen LogP contribution in [-0.2, 0) is 6.54 Å². The van der Waals surface area contributed by atoms with E-state index < -0.39 is 0 Å². The molecule has 1 N–H and O–H groups in total. The molecule has 1 aromatic heterocycles. The number of nitrogens with one attached hydrogen (secondary N) is 1. The fraction of sp³-hybridized carbons (Fsp3) is 0.333. The number of benzene rings is 1. The molecule has 1 unspecified atom stereocenters. The Morgan fingerprint density at radius 2 is 2.17 bits per heavy atom. The summed E-state index contributed by atoms with van der Waals surface area (Å²) in [6.45, 7) is 5.07. The summed E-state index contributed by atoms with van der Waals surface area (Å²) >= 11 is 1.72. The third kappa shape index (κ3) is 3.18. The minimum atomic E-state index is -0.167. The van der Waals surface area contributed by atoms with Crippen molar-refractivity contribution < 1.29 is 4.39 Å². The van der Waals surface area contributed by atoms with E-state index in [1.165, 1.54) is 17.2 Å². The highest BCUT2D eigenvalue weighted by molar-refractivity contribution is 7.08. The maximum atomic E-state index is 13.2. The van der Waals surface area contributed by atoms with Crippen molar-refractivity contribution in [3.63, 3.8) is 0 Å². The van der Waals surface area contributed by atoms with Crippen LogP contribution in [0.4, 0.5) is 4.39 Å². The van der Waals surface area contributed by atoms with Gasteiger partial charge in [-0.2, -0.15) is 11.3 Å². The van der Waals surface area contributed by atoms with Gasteiger partial charge in [-0.25, -0.2) is 4.39 Å². The summed E-state index contributed by atoms with van der Waals surface area (Å²) in [5.74, 6) is -0.167. The van der Waals surface area contributed by atoms with Crippen LogP contribution in [0.1, 0.15) is 36.1 Å². The van der Waals surface area contributed by atoms with Crippen molar-refractivity contribution in [1.29, 1.82) is 0 Å². The van der Waals surface area contributed by atoms with Gasteiger partial charge in [0, 0.05) is 12.6 Å². The van der Waals surface area contributed by atoms with Gasteiger partial charge in [-0.05, 0) is 52.9 Å². The number of hydrogen-bond acceptors (Lipinski definition) is 2. The Bertz CT molecular complexity index is 507. The SMILES string of the molecule is CCC(NCc1cscc1C)c1cccc(F)c1. The molecule has 1 aromatic carbocycles. The van der Waals surface area contributed by atoms with E-state index in [1.807, 2.05) is 6.07 Å². The van der Waals surface area contributed by atoms with E-state index >= 15 is 0 Å². The maximum absolute atomic E-state index is 13.2. The van der Waals surface area contributed by atoms with Crippen LogP contribution in [0.3, 0.4) is 0 Å². The first-order valence-electron chi connectivity index (χ1n) is 6.21. The van der Waals surface area contributed by atoms with Crippen LogP contribution in [0, 0.1) is 12.7 Å². The van der Waals surface area contributed by atoms with Gasteiger partial charge in [0.2, 0.25) is 0 Å². The normalized spacial score (nSPS) is 12.6. The fourth-order valence-corrected chi connectivity index (χ4v) is 2.88. The molecule has 0 saturated heterocycles. The first-order valence-corrected chi connectivity index (χ1v) is 7.15. The largest absolute Gasteiger partial charge is 0.306 e. The molecule has 0 bridgehead atoms. The number of rotatable bonds is 5. The molecule has 0 amide bonds. The molecule has 1 heterocycles. The van der Waals surface area contributed by atoms with Crippen LogP contribution in [0.2, 0.25) is 0 Å². The second-order valence-corrected chi connectivity index (χ2v) is 5.22. The molecule has 0 aliphatic heterocycles. The van der Waals surface area contributed by atoms with Gasteiger partial charge in [0.15, 0.2) is 0 Å². The quantitative estimate of drug-likeness (QED) is 0.841. The van der Waals surface area contributed by atoms with Crippen LogP contribution >= 0.6 is 11.3 Å². The van der Waals surface area contributed by atoms with Gasteiger partial charge in [0.25, 0.3) is 0 Å². The molecular weight excluding hydrogens is 245 g/mol. The summed E-state index contributed by atoms with van der Waals surface area (Å²) in [5.41, 5.74) is 3.67. The van der Waals surface area contributed by atoms with Crippen molar-refractivity contribution in [2.75, 3.05) is 0 Å². The highest BCUT2D eigenvalue weighted by Gasteiger charge is 2.10. The van der Waals surface area contributed by atoms with Crippen molar-refractivity contribution >= 4 is 11.3 Å². The van der Waals surface area contributed by atoms with Gasteiger partial charge < -0.3 is 5.32 Å². The molecule has 2 aromatic rings. The zero-order valence-corrected chi connectivity index (χ0v) is 11.6. The molecule has 0 saturated carbocycles. The molecule has 0 aliphatic carbocycles. The van der Waals surface area contributed by atoms with E-state index in [-0.39, 0.29) is 11.9 Å². The summed E-state index contributed by atoms with van der Waals surface area (Å²) in [6.07, 6.45) is 0.951. The molecule has 1 nitrogen and oxygen atoms in total. The highest BCUT2D eigenvalue weighted by atomic mass is 32.1. The molecule has 96 valence electrons. The van der Waals surface area contributed by atoms with Gasteiger partial charge in [0.1, 0.15) is 5.82 Å². The van der Waals surface area contributed by atoms with E-state index in [0.29, 0.717) is 0 Å². The van der Waals surface area contributed by atoms with Gasteiger partial charge in [-0.15, -0.1) is 0 Å². The van der Waals surface area contributed by atoms with Gasteiger partial charge in [0.05, 0.1) is 0 Å². The Hall–Kier alpha value is -1.19. The second kappa shape index (κ2) is 6.12. The molecule has 18 heavy (non-hydrogen) atoms. The molecule has 0 spiro atoms. The number of hydrogen-bond donors (Lipinski definition) is 1. The van der Waals surface area contributed by atoms with E-state index in [1.54, 1.807) is 23.5 Å². The Labute approximate surface area is 112 Å². The lowest BCUT2D eigenvalue weighted by Crippen LogP contribution is -2.20. The average Bonchev–Trinajstić information content (AvgIpc) is 2.76. The van der Waals surface area contributed by atoms with E-state index in [4.69, 9.17) is 0 Å². The fourth-order valence-electron chi connectivity index (χ4n) is 2.02. The Balaban J connectivity index is 2.04. The van der Waals surface area contributed by atoms with Crippen LogP contribution in [0.5, 0.6) is 0 Å². The van der Waals surface area contributed by atoms with Crippen molar-refractivity contribution in [2.45, 2.75) is 32.9 Å². The standard InChI is InChI=1S/C15H18FNS/c1-3-15(12-5-4-6-14(16)7-12)17-8-13-10-18-9-11(13)2/h4-7,9-10,15,17H,3,8H2,1-2H3. The second-order valence-electron chi connectivity index (χ2n) is 4.48. The highest BCUT2D eigenvalue weighted by Crippen LogP contribution is 2.20. The number of aryl methyl sites for hydroxylation is 1. The smallest absolute Gasteiger partial charge is 0.123 e. The summed E-state index contributed by atoms with van der Waals surface area (Å²) in [7, 11) is 0. The molecular formula is C15H18FNS. The van der Waals surface area contributed by atoms with Crippen LogP contribution in [0.15, 0.2) is 35.0 Å². The Kier molecular flexibility index (Phi) is 4.50. The molecule has 0 aliphatic rings. The first-order chi connectivity index (χ1) is 8.70. The Morgan fingerprint density at radius 3 is 2.78 bits per heavy atom. The minimum Gasteiger partial charge on any atom is -0.306 e. The van der Waals surface area contributed by atoms with Crippen molar-refractivity contribution in [3.8, 4) is 0 Å². The van der Waals surface area contributed by atoms with Crippen LogP contribution in [-0.4, -0.2) is 0 Å². The molecule has 0 fully saturated rings. The van der Waals surface area contributed by atoms with E-state index in [2.05, 4.69) is 29.9 Å². The lowest BCUT2D eigenvalue weighted by molar-refractivity contribution is 0.514. The molecule has 1 atom stereocenters. The van der Waals surface area contributed by atoms with E-state index in [0.717, 1.165) is 18.5 Å².